The molecule has 1 aromatic rings. The maximum Gasteiger partial charge on any atom is 0.164 e. The van der Waals surface area contributed by atoms with Gasteiger partial charge >= 0.3 is 0 Å². The van der Waals surface area contributed by atoms with Crippen molar-refractivity contribution in [3.05, 3.63) is 21.7 Å². The quantitative estimate of drug-likeness (QED) is 0.908. The van der Waals surface area contributed by atoms with Gasteiger partial charge in [-0.1, -0.05) is 22.9 Å². The molecule has 1 aromatic carbocycles. The number of fused-ring (bicyclic) bond motifs is 1. The van der Waals surface area contributed by atoms with E-state index in [1.54, 1.807) is 0 Å². The second kappa shape index (κ2) is 4.63. The molecule has 88 valence electrons. The van der Waals surface area contributed by atoms with Crippen LogP contribution in [0.5, 0.6) is 11.5 Å². The predicted octanol–water partition coefficient (Wildman–Crippen LogP) is 2.62. The van der Waals surface area contributed by atoms with Crippen LogP contribution in [0, 0.1) is 6.92 Å². The maximum atomic E-state index is 9.25. The fraction of sp³-hybridized carbons (Fsp3) is 0.500. The highest BCUT2D eigenvalue weighted by atomic mass is 79.9. The number of halogens is 1. The first-order valence-corrected chi connectivity index (χ1v) is 6.14. The standard InChI is InChI=1S/C12H15BrO3/c1-7(6-14)11-8(2)12-10(5-9(11)13)15-3-4-16-12/h5,7,14H,3-4,6H2,1-2H3. The van der Waals surface area contributed by atoms with Gasteiger partial charge in [0, 0.05) is 17.0 Å². The van der Waals surface area contributed by atoms with Crippen molar-refractivity contribution >= 4 is 15.9 Å². The number of rotatable bonds is 2. The van der Waals surface area contributed by atoms with Crippen LogP contribution in [0.1, 0.15) is 24.0 Å². The van der Waals surface area contributed by atoms with E-state index in [0.717, 1.165) is 27.1 Å². The molecule has 0 spiro atoms. The molecule has 2 rings (SSSR count). The molecule has 0 fully saturated rings. The summed E-state index contributed by atoms with van der Waals surface area (Å²) in [6, 6.07) is 1.92. The second-order valence-electron chi connectivity index (χ2n) is 4.00. The van der Waals surface area contributed by atoms with Gasteiger partial charge in [0.15, 0.2) is 11.5 Å². The van der Waals surface area contributed by atoms with Gasteiger partial charge in [-0.15, -0.1) is 0 Å². The zero-order chi connectivity index (χ0) is 11.7. The molecule has 0 aliphatic carbocycles. The van der Waals surface area contributed by atoms with Crippen LogP contribution in [0.15, 0.2) is 10.5 Å². The Balaban J connectivity index is 2.54. The molecule has 1 unspecified atom stereocenters. The average Bonchev–Trinajstić information content (AvgIpc) is 2.28. The minimum atomic E-state index is 0.0881. The molecule has 0 saturated heterocycles. The van der Waals surface area contributed by atoms with Gasteiger partial charge in [0.05, 0.1) is 0 Å². The summed E-state index contributed by atoms with van der Waals surface area (Å²) in [5.74, 6) is 1.68. The molecule has 1 atom stereocenters. The first-order chi connectivity index (χ1) is 7.65. The van der Waals surface area contributed by atoms with Crippen LogP contribution < -0.4 is 9.47 Å². The van der Waals surface area contributed by atoms with E-state index in [4.69, 9.17) is 9.47 Å². The highest BCUT2D eigenvalue weighted by Crippen LogP contribution is 2.42. The van der Waals surface area contributed by atoms with Gasteiger partial charge in [-0.05, 0) is 24.1 Å². The SMILES string of the molecule is Cc1c2c(cc(Br)c1C(C)CO)OCCO2. The zero-order valence-electron chi connectivity index (χ0n) is 9.42. The minimum Gasteiger partial charge on any atom is -0.486 e. The first-order valence-electron chi connectivity index (χ1n) is 5.34. The normalized spacial score (nSPS) is 16.0. The molecule has 1 heterocycles. The van der Waals surface area contributed by atoms with Gasteiger partial charge in [0.2, 0.25) is 0 Å². The lowest BCUT2D eigenvalue weighted by molar-refractivity contribution is 0.169. The Morgan fingerprint density at radius 2 is 2.12 bits per heavy atom. The first kappa shape index (κ1) is 11.7. The number of aliphatic hydroxyl groups excluding tert-OH is 1. The van der Waals surface area contributed by atoms with Gasteiger partial charge < -0.3 is 14.6 Å². The van der Waals surface area contributed by atoms with E-state index in [2.05, 4.69) is 15.9 Å². The smallest absolute Gasteiger partial charge is 0.164 e. The number of hydrogen-bond donors (Lipinski definition) is 1. The molecule has 1 aliphatic rings. The van der Waals surface area contributed by atoms with Crippen LogP contribution in [0.25, 0.3) is 0 Å². The third-order valence-electron chi connectivity index (χ3n) is 2.84. The lowest BCUT2D eigenvalue weighted by Gasteiger charge is -2.24. The van der Waals surface area contributed by atoms with Gasteiger partial charge in [-0.3, -0.25) is 0 Å². The van der Waals surface area contributed by atoms with Crippen LogP contribution in [-0.4, -0.2) is 24.9 Å². The van der Waals surface area contributed by atoms with Crippen molar-refractivity contribution < 1.29 is 14.6 Å². The molecule has 0 aromatic heterocycles. The Morgan fingerprint density at radius 3 is 2.81 bits per heavy atom. The Hall–Kier alpha value is -0.740. The van der Waals surface area contributed by atoms with Crippen LogP contribution in [0.3, 0.4) is 0 Å². The summed E-state index contributed by atoms with van der Waals surface area (Å²) in [7, 11) is 0. The highest BCUT2D eigenvalue weighted by molar-refractivity contribution is 9.10. The van der Waals surface area contributed by atoms with E-state index in [-0.39, 0.29) is 12.5 Å². The summed E-state index contributed by atoms with van der Waals surface area (Å²) >= 11 is 3.52. The molecule has 0 saturated carbocycles. The van der Waals surface area contributed by atoms with E-state index in [1.807, 2.05) is 19.9 Å². The molecule has 16 heavy (non-hydrogen) atoms. The second-order valence-corrected chi connectivity index (χ2v) is 4.86. The summed E-state index contributed by atoms with van der Waals surface area (Å²) in [6.07, 6.45) is 0. The molecule has 0 radical (unpaired) electrons. The lowest BCUT2D eigenvalue weighted by atomic mass is 9.96. The summed E-state index contributed by atoms with van der Waals surface area (Å²) in [6.45, 7) is 5.29. The summed E-state index contributed by atoms with van der Waals surface area (Å²) in [4.78, 5) is 0. The van der Waals surface area contributed by atoms with Crippen molar-refractivity contribution in [1.82, 2.24) is 0 Å². The zero-order valence-corrected chi connectivity index (χ0v) is 11.0. The molecule has 1 aliphatic heterocycles. The van der Waals surface area contributed by atoms with Gasteiger partial charge in [-0.25, -0.2) is 0 Å². The highest BCUT2D eigenvalue weighted by Gasteiger charge is 2.21. The van der Waals surface area contributed by atoms with Crippen LogP contribution in [0.4, 0.5) is 0 Å². The predicted molar refractivity (Wildman–Crippen MR) is 65.4 cm³/mol. The maximum absolute atomic E-state index is 9.25. The van der Waals surface area contributed by atoms with E-state index in [1.165, 1.54) is 0 Å². The molecular weight excluding hydrogens is 272 g/mol. The molecule has 1 N–H and O–H groups in total. The number of aliphatic hydroxyl groups is 1. The average molecular weight is 287 g/mol. The number of benzene rings is 1. The van der Waals surface area contributed by atoms with Crippen molar-refractivity contribution in [2.75, 3.05) is 19.8 Å². The van der Waals surface area contributed by atoms with Crippen molar-refractivity contribution in [2.24, 2.45) is 0 Å². The third-order valence-corrected chi connectivity index (χ3v) is 3.49. The van der Waals surface area contributed by atoms with Crippen LogP contribution in [0.2, 0.25) is 0 Å². The van der Waals surface area contributed by atoms with Crippen molar-refractivity contribution in [2.45, 2.75) is 19.8 Å². The van der Waals surface area contributed by atoms with Gasteiger partial charge in [-0.2, -0.15) is 0 Å². The number of ether oxygens (including phenoxy) is 2. The largest absolute Gasteiger partial charge is 0.486 e. The van der Waals surface area contributed by atoms with E-state index in [9.17, 15) is 5.11 Å². The Bertz CT molecular complexity index is 404. The topological polar surface area (TPSA) is 38.7 Å². The van der Waals surface area contributed by atoms with E-state index in [0.29, 0.717) is 13.2 Å². The molecule has 0 amide bonds. The fourth-order valence-corrected chi connectivity index (χ4v) is 2.92. The molecular formula is C12H15BrO3. The third kappa shape index (κ3) is 1.92. The Labute approximate surface area is 104 Å². The molecule has 4 heteroatoms. The monoisotopic (exact) mass is 286 g/mol. The Kier molecular flexibility index (Phi) is 3.40. The minimum absolute atomic E-state index is 0.0881. The lowest BCUT2D eigenvalue weighted by Crippen LogP contribution is -2.17. The van der Waals surface area contributed by atoms with Gasteiger partial charge in [0.25, 0.3) is 0 Å². The molecule has 3 nitrogen and oxygen atoms in total. The number of hydrogen-bond acceptors (Lipinski definition) is 3. The van der Waals surface area contributed by atoms with E-state index < -0.39 is 0 Å². The Morgan fingerprint density at radius 1 is 1.44 bits per heavy atom. The van der Waals surface area contributed by atoms with Crippen molar-refractivity contribution in [3.8, 4) is 11.5 Å². The van der Waals surface area contributed by atoms with Gasteiger partial charge in [0.1, 0.15) is 13.2 Å². The van der Waals surface area contributed by atoms with Crippen molar-refractivity contribution in [3.63, 3.8) is 0 Å². The summed E-state index contributed by atoms with van der Waals surface area (Å²) in [5, 5.41) is 9.25. The molecule has 0 bridgehead atoms. The van der Waals surface area contributed by atoms with Crippen LogP contribution >= 0.6 is 15.9 Å². The van der Waals surface area contributed by atoms with Crippen molar-refractivity contribution in [1.29, 1.82) is 0 Å². The summed E-state index contributed by atoms with van der Waals surface area (Å²) in [5.41, 5.74) is 2.14. The fourth-order valence-electron chi connectivity index (χ4n) is 2.02. The van der Waals surface area contributed by atoms with E-state index >= 15 is 0 Å². The van der Waals surface area contributed by atoms with Crippen LogP contribution in [-0.2, 0) is 0 Å². The summed E-state index contributed by atoms with van der Waals surface area (Å²) < 4.78 is 12.1.